The van der Waals surface area contributed by atoms with Gasteiger partial charge in [-0.1, -0.05) is 0 Å². The summed E-state index contributed by atoms with van der Waals surface area (Å²) in [7, 11) is 0. The van der Waals surface area contributed by atoms with Crippen molar-refractivity contribution in [3.63, 3.8) is 0 Å². The molecule has 0 aliphatic carbocycles. The van der Waals surface area contributed by atoms with Crippen LogP contribution in [0.1, 0.15) is 0 Å². The van der Waals surface area contributed by atoms with Crippen LogP contribution >= 0.6 is 0 Å². The molecule has 3 heterocycles. The molecule has 0 atom stereocenters. The predicted molar refractivity (Wildman–Crippen MR) is 42.6 cm³/mol. The highest BCUT2D eigenvalue weighted by atomic mass is 15.3. The van der Waals surface area contributed by atoms with Crippen molar-refractivity contribution in [3.8, 4) is 0 Å². The van der Waals surface area contributed by atoms with E-state index in [0.29, 0.717) is 5.78 Å². The molecule has 3 aromatic rings. The van der Waals surface area contributed by atoms with Crippen LogP contribution in [-0.2, 0) is 0 Å². The number of aromatic nitrogens is 5. The fourth-order valence-electron chi connectivity index (χ4n) is 1.28. The quantitative estimate of drug-likeness (QED) is 0.522. The molecule has 58 valence electrons. The standard InChI is InChI=1S/C7H5N5/c1-2-8-5-3-9-7-10-4-11-12(7)6(1)5/h1-4,8H. The van der Waals surface area contributed by atoms with Gasteiger partial charge in [-0.15, -0.1) is 0 Å². The molecule has 0 fully saturated rings. The maximum Gasteiger partial charge on any atom is 0.252 e. The van der Waals surface area contributed by atoms with Gasteiger partial charge in [-0.3, -0.25) is 0 Å². The summed E-state index contributed by atoms with van der Waals surface area (Å²) in [6, 6.07) is 1.94. The van der Waals surface area contributed by atoms with Gasteiger partial charge in [0.25, 0.3) is 5.78 Å². The smallest absolute Gasteiger partial charge is 0.252 e. The summed E-state index contributed by atoms with van der Waals surface area (Å²) in [5, 5.41) is 4.04. The Morgan fingerprint density at radius 2 is 2.33 bits per heavy atom. The Labute approximate surface area is 67.1 Å². The lowest BCUT2D eigenvalue weighted by molar-refractivity contribution is 0.984. The van der Waals surface area contributed by atoms with Crippen molar-refractivity contribution in [1.29, 1.82) is 0 Å². The van der Waals surface area contributed by atoms with Crippen molar-refractivity contribution >= 4 is 16.8 Å². The second kappa shape index (κ2) is 1.82. The molecule has 0 saturated carbocycles. The van der Waals surface area contributed by atoms with Crippen LogP contribution in [-0.4, -0.2) is 24.6 Å². The molecule has 3 aromatic heterocycles. The third kappa shape index (κ3) is 0.554. The monoisotopic (exact) mass is 159 g/mol. The van der Waals surface area contributed by atoms with Crippen LogP contribution in [0.3, 0.4) is 0 Å². The average Bonchev–Trinajstić information content (AvgIpc) is 2.71. The van der Waals surface area contributed by atoms with Crippen LogP contribution in [0.15, 0.2) is 24.8 Å². The number of hydrogen-bond acceptors (Lipinski definition) is 3. The van der Waals surface area contributed by atoms with Crippen LogP contribution in [0.5, 0.6) is 0 Å². The van der Waals surface area contributed by atoms with Crippen LogP contribution in [0, 0.1) is 0 Å². The zero-order valence-corrected chi connectivity index (χ0v) is 6.10. The molecule has 0 aromatic carbocycles. The zero-order chi connectivity index (χ0) is 7.97. The second-order valence-electron chi connectivity index (χ2n) is 2.51. The molecule has 0 aliphatic rings. The Kier molecular flexibility index (Phi) is 0.864. The minimum absolute atomic E-state index is 0.627. The molecule has 5 heteroatoms. The predicted octanol–water partition coefficient (Wildman–Crippen LogP) is 0.606. The van der Waals surface area contributed by atoms with E-state index in [4.69, 9.17) is 0 Å². The molecule has 1 N–H and O–H groups in total. The topological polar surface area (TPSA) is 58.9 Å². The lowest BCUT2D eigenvalue weighted by Crippen LogP contribution is -1.90. The van der Waals surface area contributed by atoms with E-state index in [0.717, 1.165) is 11.0 Å². The number of hydrogen-bond donors (Lipinski definition) is 1. The summed E-state index contributed by atoms with van der Waals surface area (Å²) < 4.78 is 1.70. The average molecular weight is 159 g/mol. The van der Waals surface area contributed by atoms with E-state index in [1.165, 1.54) is 6.33 Å². The SMILES string of the molecule is c1nc2ncc3[nH]ccc3n2n1. The molecule has 3 rings (SSSR count). The lowest BCUT2D eigenvalue weighted by atomic mass is 10.5. The lowest BCUT2D eigenvalue weighted by Gasteiger charge is -1.91. The van der Waals surface area contributed by atoms with E-state index in [2.05, 4.69) is 20.1 Å². The van der Waals surface area contributed by atoms with Crippen molar-refractivity contribution in [1.82, 2.24) is 24.6 Å². The molecule has 5 nitrogen and oxygen atoms in total. The van der Waals surface area contributed by atoms with E-state index in [1.54, 1.807) is 10.7 Å². The zero-order valence-electron chi connectivity index (χ0n) is 6.10. The molecule has 0 bridgehead atoms. The molecule has 0 radical (unpaired) electrons. The first-order valence-corrected chi connectivity index (χ1v) is 3.57. The highest BCUT2D eigenvalue weighted by Gasteiger charge is 2.01. The van der Waals surface area contributed by atoms with Gasteiger partial charge in [0.05, 0.1) is 17.2 Å². The van der Waals surface area contributed by atoms with Crippen molar-refractivity contribution in [2.75, 3.05) is 0 Å². The summed E-state index contributed by atoms with van der Waals surface area (Å²) in [5.74, 6) is 0.627. The van der Waals surface area contributed by atoms with Crippen molar-refractivity contribution in [2.24, 2.45) is 0 Å². The Balaban J connectivity index is 2.71. The Morgan fingerprint density at radius 1 is 1.33 bits per heavy atom. The number of nitrogens with one attached hydrogen (secondary N) is 1. The van der Waals surface area contributed by atoms with E-state index < -0.39 is 0 Å². The van der Waals surface area contributed by atoms with Crippen molar-refractivity contribution in [2.45, 2.75) is 0 Å². The van der Waals surface area contributed by atoms with E-state index >= 15 is 0 Å². The second-order valence-corrected chi connectivity index (χ2v) is 2.51. The number of aromatic amines is 1. The summed E-state index contributed by atoms with van der Waals surface area (Å²) in [4.78, 5) is 11.1. The van der Waals surface area contributed by atoms with Gasteiger partial charge in [0.2, 0.25) is 0 Å². The highest BCUT2D eigenvalue weighted by molar-refractivity contribution is 5.75. The summed E-state index contributed by atoms with van der Waals surface area (Å²) in [5.41, 5.74) is 1.96. The highest BCUT2D eigenvalue weighted by Crippen LogP contribution is 2.09. The van der Waals surface area contributed by atoms with E-state index in [9.17, 15) is 0 Å². The van der Waals surface area contributed by atoms with Gasteiger partial charge in [-0.25, -0.2) is 4.98 Å². The summed E-state index contributed by atoms with van der Waals surface area (Å²) in [6.45, 7) is 0. The number of H-pyrrole nitrogens is 1. The normalized spacial score (nSPS) is 11.3. The Hall–Kier alpha value is -1.91. The molecule has 0 spiro atoms. The minimum Gasteiger partial charge on any atom is -0.359 e. The third-order valence-corrected chi connectivity index (χ3v) is 1.82. The van der Waals surface area contributed by atoms with Gasteiger partial charge in [-0.2, -0.15) is 14.6 Å². The van der Waals surface area contributed by atoms with Gasteiger partial charge < -0.3 is 4.98 Å². The fourth-order valence-corrected chi connectivity index (χ4v) is 1.28. The number of fused-ring (bicyclic) bond motifs is 3. The molecule has 0 aliphatic heterocycles. The minimum atomic E-state index is 0.627. The third-order valence-electron chi connectivity index (χ3n) is 1.82. The van der Waals surface area contributed by atoms with Crippen LogP contribution in [0.2, 0.25) is 0 Å². The number of nitrogens with zero attached hydrogens (tertiary/aromatic N) is 4. The Bertz CT molecular complexity index is 485. The number of rotatable bonds is 0. The maximum atomic E-state index is 4.10. The first-order valence-electron chi connectivity index (χ1n) is 3.57. The molecular weight excluding hydrogens is 154 g/mol. The largest absolute Gasteiger partial charge is 0.359 e. The van der Waals surface area contributed by atoms with Crippen molar-refractivity contribution in [3.05, 3.63) is 24.8 Å². The molecular formula is C7H5N5. The van der Waals surface area contributed by atoms with E-state index in [-0.39, 0.29) is 0 Å². The molecule has 0 unspecified atom stereocenters. The van der Waals surface area contributed by atoms with Gasteiger partial charge in [0, 0.05) is 6.20 Å². The first-order chi connectivity index (χ1) is 5.95. The van der Waals surface area contributed by atoms with Gasteiger partial charge in [0.15, 0.2) is 0 Å². The van der Waals surface area contributed by atoms with Crippen LogP contribution in [0.25, 0.3) is 16.8 Å². The fraction of sp³-hybridized carbons (Fsp3) is 0. The Morgan fingerprint density at radius 3 is 3.33 bits per heavy atom. The summed E-state index contributed by atoms with van der Waals surface area (Å²) >= 11 is 0. The first kappa shape index (κ1) is 5.70. The van der Waals surface area contributed by atoms with E-state index in [1.807, 2.05) is 12.3 Å². The summed E-state index contributed by atoms with van der Waals surface area (Å²) in [6.07, 6.45) is 5.10. The molecule has 12 heavy (non-hydrogen) atoms. The van der Waals surface area contributed by atoms with Gasteiger partial charge >= 0.3 is 0 Å². The van der Waals surface area contributed by atoms with Crippen molar-refractivity contribution < 1.29 is 0 Å². The molecule has 0 saturated heterocycles. The molecule has 0 amide bonds. The van der Waals surface area contributed by atoms with Gasteiger partial charge in [-0.05, 0) is 6.07 Å². The van der Waals surface area contributed by atoms with Crippen LogP contribution < -0.4 is 0 Å². The van der Waals surface area contributed by atoms with Crippen LogP contribution in [0.4, 0.5) is 0 Å². The maximum absolute atomic E-state index is 4.10. The van der Waals surface area contributed by atoms with Gasteiger partial charge in [0.1, 0.15) is 6.33 Å².